The number of hydrogen-bond acceptors (Lipinski definition) is 6. The normalized spacial score (nSPS) is 11.7. The molecule has 0 saturated heterocycles. The minimum atomic E-state index is -4.65. The summed E-state index contributed by atoms with van der Waals surface area (Å²) in [6, 6.07) is 6.61. The Morgan fingerprint density at radius 2 is 2.08 bits per heavy atom. The molecule has 0 radical (unpaired) electrons. The third kappa shape index (κ3) is 3.02. The predicted octanol–water partition coefficient (Wildman–Crippen LogP) is 2.14. The molecule has 2 aromatic heterocycles. The standard InChI is InChI=1S/C13H10F3N5O2S/c1-23-8-5-3-2-4-7(8)10(22)17-6-9-20-21-11(13(14,15)16)18-19-12(21)24-9/h2-5H,6H2,1H3,(H,17,22). The molecule has 0 atom stereocenters. The van der Waals surface area contributed by atoms with Gasteiger partial charge in [-0.15, -0.1) is 10.2 Å². The lowest BCUT2D eigenvalue weighted by atomic mass is 10.2. The van der Waals surface area contributed by atoms with Gasteiger partial charge >= 0.3 is 6.18 Å². The Kier molecular flexibility index (Phi) is 4.09. The van der Waals surface area contributed by atoms with E-state index in [4.69, 9.17) is 4.74 Å². The fourth-order valence-electron chi connectivity index (χ4n) is 1.99. The number of para-hydroxylation sites is 1. The van der Waals surface area contributed by atoms with Crippen molar-refractivity contribution in [1.82, 2.24) is 25.1 Å². The summed E-state index contributed by atoms with van der Waals surface area (Å²) in [7, 11) is 1.44. The smallest absolute Gasteiger partial charge is 0.453 e. The van der Waals surface area contributed by atoms with Crippen molar-refractivity contribution in [2.75, 3.05) is 7.11 Å². The number of methoxy groups -OCH3 is 1. The summed E-state index contributed by atoms with van der Waals surface area (Å²) in [6.07, 6.45) is -4.65. The van der Waals surface area contributed by atoms with Gasteiger partial charge in [0.25, 0.3) is 11.7 Å². The van der Waals surface area contributed by atoms with E-state index in [1.165, 1.54) is 7.11 Å². The molecule has 126 valence electrons. The molecule has 0 fully saturated rings. The van der Waals surface area contributed by atoms with Crippen molar-refractivity contribution in [1.29, 1.82) is 0 Å². The second kappa shape index (κ2) is 6.07. The van der Waals surface area contributed by atoms with E-state index in [9.17, 15) is 18.0 Å². The van der Waals surface area contributed by atoms with Gasteiger partial charge in [0.1, 0.15) is 10.8 Å². The average Bonchev–Trinajstić information content (AvgIpc) is 3.11. The first-order valence-corrected chi connectivity index (χ1v) is 7.41. The maximum absolute atomic E-state index is 12.7. The van der Waals surface area contributed by atoms with Crippen LogP contribution in [0, 0.1) is 0 Å². The van der Waals surface area contributed by atoms with Crippen LogP contribution >= 0.6 is 11.3 Å². The second-order valence-electron chi connectivity index (χ2n) is 4.59. The molecule has 1 N–H and O–H groups in total. The third-order valence-electron chi connectivity index (χ3n) is 3.04. The lowest BCUT2D eigenvalue weighted by Crippen LogP contribution is -2.23. The van der Waals surface area contributed by atoms with Crippen LogP contribution in [0.4, 0.5) is 13.2 Å². The van der Waals surface area contributed by atoms with Crippen molar-refractivity contribution < 1.29 is 22.7 Å². The average molecular weight is 357 g/mol. The lowest BCUT2D eigenvalue weighted by Gasteiger charge is -2.07. The minimum Gasteiger partial charge on any atom is -0.496 e. The molecule has 3 rings (SSSR count). The monoisotopic (exact) mass is 357 g/mol. The number of halogens is 3. The van der Waals surface area contributed by atoms with Crippen LogP contribution in [0.5, 0.6) is 5.75 Å². The molecule has 0 aliphatic carbocycles. The number of alkyl halides is 3. The van der Waals surface area contributed by atoms with Gasteiger partial charge < -0.3 is 10.1 Å². The lowest BCUT2D eigenvalue weighted by molar-refractivity contribution is -0.146. The van der Waals surface area contributed by atoms with Crippen LogP contribution in [0.15, 0.2) is 24.3 Å². The van der Waals surface area contributed by atoms with Crippen molar-refractivity contribution in [3.8, 4) is 5.75 Å². The maximum Gasteiger partial charge on any atom is 0.453 e. The number of rotatable bonds is 4. The molecule has 0 saturated carbocycles. The fourth-order valence-corrected chi connectivity index (χ4v) is 2.76. The van der Waals surface area contributed by atoms with E-state index in [0.29, 0.717) is 15.8 Å². The molecule has 0 spiro atoms. The van der Waals surface area contributed by atoms with Crippen molar-refractivity contribution in [3.63, 3.8) is 0 Å². The minimum absolute atomic E-state index is 0.00358. The first kappa shape index (κ1) is 16.2. The molecule has 11 heteroatoms. The van der Waals surface area contributed by atoms with Gasteiger partial charge in [-0.2, -0.15) is 22.8 Å². The van der Waals surface area contributed by atoms with Gasteiger partial charge in [0.05, 0.1) is 19.2 Å². The molecule has 1 amide bonds. The Morgan fingerprint density at radius 1 is 1.33 bits per heavy atom. The van der Waals surface area contributed by atoms with Gasteiger partial charge in [-0.05, 0) is 12.1 Å². The van der Waals surface area contributed by atoms with E-state index in [-0.39, 0.29) is 16.5 Å². The van der Waals surface area contributed by atoms with Crippen LogP contribution in [0.3, 0.4) is 0 Å². The van der Waals surface area contributed by atoms with E-state index >= 15 is 0 Å². The number of carbonyl (C=O) groups excluding carboxylic acids is 1. The van der Waals surface area contributed by atoms with E-state index < -0.39 is 17.9 Å². The largest absolute Gasteiger partial charge is 0.496 e. The molecule has 0 unspecified atom stereocenters. The fraction of sp³-hybridized carbons (Fsp3) is 0.231. The number of ether oxygens (including phenoxy) is 1. The van der Waals surface area contributed by atoms with E-state index in [1.807, 2.05) is 0 Å². The predicted molar refractivity (Wildman–Crippen MR) is 77.8 cm³/mol. The zero-order valence-electron chi connectivity index (χ0n) is 12.2. The number of benzene rings is 1. The topological polar surface area (TPSA) is 81.4 Å². The van der Waals surface area contributed by atoms with Crippen LogP contribution in [-0.4, -0.2) is 32.8 Å². The Labute approximate surface area is 137 Å². The number of carbonyl (C=O) groups is 1. The van der Waals surface area contributed by atoms with E-state index in [2.05, 4.69) is 20.6 Å². The Morgan fingerprint density at radius 3 is 2.79 bits per heavy atom. The van der Waals surface area contributed by atoms with Crippen molar-refractivity contribution >= 4 is 22.2 Å². The maximum atomic E-state index is 12.7. The SMILES string of the molecule is COc1ccccc1C(=O)NCc1nn2c(C(F)(F)F)nnc2s1. The number of fused-ring (bicyclic) bond motifs is 1. The Bertz CT molecular complexity index is 889. The Hall–Kier alpha value is -2.69. The first-order chi connectivity index (χ1) is 11.4. The van der Waals surface area contributed by atoms with E-state index in [0.717, 1.165) is 11.3 Å². The first-order valence-electron chi connectivity index (χ1n) is 6.59. The Balaban J connectivity index is 1.76. The summed E-state index contributed by atoms with van der Waals surface area (Å²) in [5.41, 5.74) is 0.319. The number of nitrogens with zero attached hydrogens (tertiary/aromatic N) is 4. The van der Waals surface area contributed by atoms with Crippen LogP contribution in [0.1, 0.15) is 21.2 Å². The van der Waals surface area contributed by atoms with Gasteiger partial charge in [-0.25, -0.2) is 0 Å². The van der Waals surface area contributed by atoms with Crippen molar-refractivity contribution in [3.05, 3.63) is 40.7 Å². The van der Waals surface area contributed by atoms with Gasteiger partial charge in [-0.1, -0.05) is 23.5 Å². The van der Waals surface area contributed by atoms with Gasteiger partial charge in [0.2, 0.25) is 4.96 Å². The highest BCUT2D eigenvalue weighted by Crippen LogP contribution is 2.29. The van der Waals surface area contributed by atoms with Crippen molar-refractivity contribution in [2.24, 2.45) is 0 Å². The summed E-state index contributed by atoms with van der Waals surface area (Å²) in [6.45, 7) is -0.0395. The van der Waals surface area contributed by atoms with Crippen molar-refractivity contribution in [2.45, 2.75) is 12.7 Å². The second-order valence-corrected chi connectivity index (χ2v) is 5.64. The van der Waals surface area contributed by atoms with Crippen LogP contribution in [-0.2, 0) is 12.7 Å². The molecular formula is C13H10F3N5O2S. The molecule has 7 nitrogen and oxygen atoms in total. The molecule has 1 aromatic carbocycles. The molecule has 0 aliphatic heterocycles. The third-order valence-corrected chi connectivity index (χ3v) is 3.94. The molecular weight excluding hydrogens is 347 g/mol. The summed E-state index contributed by atoms with van der Waals surface area (Å²) in [5, 5.41) is 13.1. The number of hydrogen-bond donors (Lipinski definition) is 1. The van der Waals surface area contributed by atoms with E-state index in [1.54, 1.807) is 24.3 Å². The molecule has 24 heavy (non-hydrogen) atoms. The quantitative estimate of drug-likeness (QED) is 0.774. The molecule has 0 aliphatic rings. The van der Waals surface area contributed by atoms with Crippen LogP contribution < -0.4 is 10.1 Å². The molecule has 2 heterocycles. The summed E-state index contributed by atoms with van der Waals surface area (Å²) in [5.74, 6) is -1.22. The van der Waals surface area contributed by atoms with Crippen LogP contribution in [0.25, 0.3) is 4.96 Å². The summed E-state index contributed by atoms with van der Waals surface area (Å²) < 4.78 is 43.9. The van der Waals surface area contributed by atoms with Gasteiger partial charge in [0, 0.05) is 0 Å². The van der Waals surface area contributed by atoms with Gasteiger partial charge in [-0.3, -0.25) is 4.79 Å². The zero-order valence-corrected chi connectivity index (χ0v) is 13.0. The summed E-state index contributed by atoms with van der Waals surface area (Å²) in [4.78, 5) is 12.2. The number of nitrogens with one attached hydrogen (secondary N) is 1. The highest BCUT2D eigenvalue weighted by atomic mass is 32.1. The number of amides is 1. The molecule has 0 bridgehead atoms. The summed E-state index contributed by atoms with van der Waals surface area (Å²) >= 11 is 0.914. The van der Waals surface area contributed by atoms with Crippen LogP contribution in [0.2, 0.25) is 0 Å². The highest BCUT2D eigenvalue weighted by Gasteiger charge is 2.38. The number of aromatic nitrogens is 4. The van der Waals surface area contributed by atoms with Gasteiger partial charge in [0.15, 0.2) is 0 Å². The highest BCUT2D eigenvalue weighted by molar-refractivity contribution is 7.16. The zero-order chi connectivity index (χ0) is 17.3. The molecule has 3 aromatic rings.